The van der Waals surface area contributed by atoms with Gasteiger partial charge in [-0.15, -0.1) is 0 Å². The molecule has 178 valence electrons. The van der Waals surface area contributed by atoms with E-state index in [4.69, 9.17) is 39.6 Å². The second-order valence-corrected chi connectivity index (χ2v) is 9.22. The Labute approximate surface area is 212 Å². The molecule has 0 saturated carbocycles. The predicted octanol–water partition coefficient (Wildman–Crippen LogP) is 6.19. The van der Waals surface area contributed by atoms with Crippen LogP contribution < -0.4 is 5.56 Å². The van der Waals surface area contributed by atoms with E-state index in [1.807, 2.05) is 0 Å². The third kappa shape index (κ3) is 5.47. The minimum absolute atomic E-state index is 0.0547. The first-order valence-electron chi connectivity index (χ1n) is 11.0. The van der Waals surface area contributed by atoms with Crippen LogP contribution in [0.1, 0.15) is 30.9 Å². The standard InChI is InChI=1S/C25H23Cl3FN3O2/c1-2-31-12-10-18(11-13-31)34-30-24(19-8-7-17(29)14-22(19)28)16-6-9-23(33)32(15-16)25-20(26)4-3-5-21(25)27/h3-9,14-15,18H,2,10-13H2,1H3. The normalized spacial score (nSPS) is 15.5. The molecule has 1 aliphatic rings. The molecule has 0 atom stereocenters. The van der Waals surface area contributed by atoms with Crippen molar-refractivity contribution in [1.29, 1.82) is 0 Å². The Hall–Kier alpha value is -2.38. The lowest BCUT2D eigenvalue weighted by Crippen LogP contribution is -2.36. The molecule has 1 fully saturated rings. The van der Waals surface area contributed by atoms with E-state index in [2.05, 4.69) is 17.0 Å². The SMILES string of the molecule is CCN1CCC(ON=C(c2ccc(=O)n(-c3c(Cl)cccc3Cl)c2)c2ccc(F)cc2Cl)CC1. The highest BCUT2D eigenvalue weighted by Crippen LogP contribution is 2.28. The Morgan fingerprint density at radius 2 is 1.76 bits per heavy atom. The molecule has 0 radical (unpaired) electrons. The fraction of sp³-hybridized carbons (Fsp3) is 0.280. The summed E-state index contributed by atoms with van der Waals surface area (Å²) in [6.45, 7) is 4.99. The number of benzene rings is 2. The zero-order valence-electron chi connectivity index (χ0n) is 18.5. The summed E-state index contributed by atoms with van der Waals surface area (Å²) >= 11 is 19.1. The van der Waals surface area contributed by atoms with E-state index in [9.17, 15) is 9.18 Å². The Morgan fingerprint density at radius 1 is 1.06 bits per heavy atom. The number of halogens is 4. The van der Waals surface area contributed by atoms with Gasteiger partial charge in [0.1, 0.15) is 17.6 Å². The van der Waals surface area contributed by atoms with E-state index >= 15 is 0 Å². The van der Waals surface area contributed by atoms with Gasteiger partial charge in [0, 0.05) is 36.5 Å². The summed E-state index contributed by atoms with van der Waals surface area (Å²) < 4.78 is 15.1. The zero-order valence-corrected chi connectivity index (χ0v) is 20.7. The zero-order chi connectivity index (χ0) is 24.2. The summed E-state index contributed by atoms with van der Waals surface area (Å²) in [6.07, 6.45) is 3.21. The number of likely N-dealkylation sites (tertiary alicyclic amines) is 1. The molecule has 1 aliphatic heterocycles. The summed E-state index contributed by atoms with van der Waals surface area (Å²) in [6, 6.07) is 12.1. The lowest BCUT2D eigenvalue weighted by molar-refractivity contribution is 0.0122. The molecule has 0 N–H and O–H groups in total. The van der Waals surface area contributed by atoms with Gasteiger partial charge in [-0.2, -0.15) is 0 Å². The molecule has 1 aromatic heterocycles. The fourth-order valence-electron chi connectivity index (χ4n) is 3.92. The molecule has 9 heteroatoms. The Kier molecular flexibility index (Phi) is 7.94. The van der Waals surface area contributed by atoms with Crippen molar-refractivity contribution in [2.75, 3.05) is 19.6 Å². The molecule has 0 amide bonds. The average Bonchev–Trinajstić information content (AvgIpc) is 2.82. The second kappa shape index (κ2) is 10.9. The van der Waals surface area contributed by atoms with E-state index < -0.39 is 5.82 Å². The van der Waals surface area contributed by atoms with Gasteiger partial charge < -0.3 is 9.74 Å². The van der Waals surface area contributed by atoms with Crippen molar-refractivity contribution in [1.82, 2.24) is 9.47 Å². The van der Waals surface area contributed by atoms with Crippen molar-refractivity contribution in [2.45, 2.75) is 25.9 Å². The third-order valence-electron chi connectivity index (χ3n) is 5.82. The van der Waals surface area contributed by atoms with Crippen LogP contribution in [-0.2, 0) is 4.84 Å². The fourth-order valence-corrected chi connectivity index (χ4v) is 4.75. The molecule has 5 nitrogen and oxygen atoms in total. The maximum absolute atomic E-state index is 13.8. The molecule has 3 aromatic rings. The van der Waals surface area contributed by atoms with Crippen LogP contribution >= 0.6 is 34.8 Å². The molecular formula is C25H23Cl3FN3O2. The average molecular weight is 523 g/mol. The number of aromatic nitrogens is 1. The van der Waals surface area contributed by atoms with Crippen LogP contribution in [0.4, 0.5) is 4.39 Å². The number of oxime groups is 1. The van der Waals surface area contributed by atoms with Crippen molar-refractivity contribution in [3.05, 3.63) is 97.1 Å². The monoisotopic (exact) mass is 521 g/mol. The second-order valence-electron chi connectivity index (χ2n) is 8.00. The maximum atomic E-state index is 13.8. The molecule has 2 aromatic carbocycles. The number of rotatable bonds is 6. The Bertz CT molecular complexity index is 1250. The molecular weight excluding hydrogens is 500 g/mol. The number of para-hydroxylation sites is 1. The number of hydrogen-bond donors (Lipinski definition) is 0. The highest BCUT2D eigenvalue weighted by atomic mass is 35.5. The first-order valence-corrected chi connectivity index (χ1v) is 12.1. The van der Waals surface area contributed by atoms with Gasteiger partial charge in [-0.05, 0) is 55.8 Å². The van der Waals surface area contributed by atoms with Gasteiger partial charge in [-0.25, -0.2) is 4.39 Å². The highest BCUT2D eigenvalue weighted by molar-refractivity contribution is 6.38. The van der Waals surface area contributed by atoms with Crippen molar-refractivity contribution < 1.29 is 9.23 Å². The van der Waals surface area contributed by atoms with E-state index in [-0.39, 0.29) is 16.7 Å². The maximum Gasteiger partial charge on any atom is 0.255 e. The van der Waals surface area contributed by atoms with Gasteiger partial charge in [0.25, 0.3) is 5.56 Å². The molecule has 0 aliphatic carbocycles. The van der Waals surface area contributed by atoms with Crippen LogP contribution in [0.25, 0.3) is 5.69 Å². The van der Waals surface area contributed by atoms with Crippen LogP contribution in [0.5, 0.6) is 0 Å². The number of nitrogens with zero attached hydrogens (tertiary/aromatic N) is 3. The van der Waals surface area contributed by atoms with Gasteiger partial charge in [-0.3, -0.25) is 9.36 Å². The van der Waals surface area contributed by atoms with Gasteiger partial charge in [0.15, 0.2) is 0 Å². The molecule has 1 saturated heterocycles. The highest BCUT2D eigenvalue weighted by Gasteiger charge is 2.21. The summed E-state index contributed by atoms with van der Waals surface area (Å²) in [5.41, 5.74) is 1.42. The van der Waals surface area contributed by atoms with Gasteiger partial charge in [0.05, 0.1) is 20.8 Å². The van der Waals surface area contributed by atoms with E-state index in [1.54, 1.807) is 30.5 Å². The van der Waals surface area contributed by atoms with Crippen molar-refractivity contribution in [3.63, 3.8) is 0 Å². The molecule has 0 spiro atoms. The predicted molar refractivity (Wildman–Crippen MR) is 135 cm³/mol. The minimum Gasteiger partial charge on any atom is -0.392 e. The first-order chi connectivity index (χ1) is 16.4. The lowest BCUT2D eigenvalue weighted by atomic mass is 10.0. The third-order valence-corrected chi connectivity index (χ3v) is 6.75. The molecule has 4 rings (SSSR count). The first kappa shape index (κ1) is 24.7. The quantitative estimate of drug-likeness (QED) is 0.286. The van der Waals surface area contributed by atoms with Crippen LogP contribution in [-0.4, -0.2) is 40.9 Å². The topological polar surface area (TPSA) is 46.8 Å². The Balaban J connectivity index is 1.77. The number of pyridine rings is 1. The van der Waals surface area contributed by atoms with Crippen molar-refractivity contribution in [3.8, 4) is 5.69 Å². The van der Waals surface area contributed by atoms with Crippen LogP contribution in [0.2, 0.25) is 15.1 Å². The number of piperidine rings is 1. The molecule has 0 unspecified atom stereocenters. The lowest BCUT2D eigenvalue weighted by Gasteiger charge is -2.29. The molecule has 34 heavy (non-hydrogen) atoms. The smallest absolute Gasteiger partial charge is 0.255 e. The van der Waals surface area contributed by atoms with Gasteiger partial charge in [-0.1, -0.05) is 52.9 Å². The van der Waals surface area contributed by atoms with E-state index in [0.717, 1.165) is 32.5 Å². The van der Waals surface area contributed by atoms with Crippen LogP contribution in [0.3, 0.4) is 0 Å². The van der Waals surface area contributed by atoms with Crippen molar-refractivity contribution >= 4 is 40.5 Å². The molecule has 2 heterocycles. The molecule has 0 bridgehead atoms. The van der Waals surface area contributed by atoms with Crippen LogP contribution in [0.15, 0.2) is 64.7 Å². The largest absolute Gasteiger partial charge is 0.392 e. The Morgan fingerprint density at radius 3 is 2.41 bits per heavy atom. The van der Waals surface area contributed by atoms with Gasteiger partial charge >= 0.3 is 0 Å². The van der Waals surface area contributed by atoms with Crippen molar-refractivity contribution in [2.24, 2.45) is 5.16 Å². The summed E-state index contributed by atoms with van der Waals surface area (Å²) in [7, 11) is 0. The minimum atomic E-state index is -0.464. The number of hydrogen-bond acceptors (Lipinski definition) is 4. The van der Waals surface area contributed by atoms with Crippen LogP contribution in [0, 0.1) is 5.82 Å². The van der Waals surface area contributed by atoms with E-state index in [1.165, 1.54) is 28.8 Å². The van der Waals surface area contributed by atoms with E-state index in [0.29, 0.717) is 32.6 Å². The van der Waals surface area contributed by atoms with Gasteiger partial charge in [0.2, 0.25) is 0 Å². The summed E-state index contributed by atoms with van der Waals surface area (Å²) in [5.74, 6) is -0.464. The summed E-state index contributed by atoms with van der Waals surface area (Å²) in [5, 5.41) is 5.27. The summed E-state index contributed by atoms with van der Waals surface area (Å²) in [4.78, 5) is 21.0.